The fourth-order valence-corrected chi connectivity index (χ4v) is 22.5. The van der Waals surface area contributed by atoms with Crippen LogP contribution in [0.2, 0.25) is 0 Å². The average Bonchev–Trinajstić information content (AvgIpc) is 1.57. The van der Waals surface area contributed by atoms with E-state index in [-0.39, 0.29) is 0 Å². The molecule has 0 aliphatic heterocycles. The number of para-hydroxylation sites is 7. The summed E-state index contributed by atoms with van der Waals surface area (Å²) in [5.74, 6) is 0. The maximum absolute atomic E-state index is 7.24. The van der Waals surface area contributed by atoms with Crippen molar-refractivity contribution >= 4 is 165 Å². The topological polar surface area (TPSA) is 42.6 Å². The van der Waals surface area contributed by atoms with Gasteiger partial charge in [0.05, 0.1) is 33.4 Å². The summed E-state index contributed by atoms with van der Waals surface area (Å²) in [4.78, 5) is 4.80. The first-order chi connectivity index (χ1) is 70.4. The van der Waals surface area contributed by atoms with Crippen molar-refractivity contribution in [3.63, 3.8) is 0 Å². The van der Waals surface area contributed by atoms with Gasteiger partial charge in [0.2, 0.25) is 0 Å². The van der Waals surface area contributed by atoms with E-state index in [1.165, 1.54) is 70.6 Å². The van der Waals surface area contributed by atoms with Gasteiger partial charge in [0, 0.05) is 99.5 Å². The van der Waals surface area contributed by atoms with Gasteiger partial charge in [-0.25, -0.2) is 0 Å². The molecule has 28 aromatic rings. The Labute approximate surface area is 819 Å². The second kappa shape index (κ2) is 33.5. The van der Waals surface area contributed by atoms with E-state index in [2.05, 4.69) is 535 Å². The van der Waals surface area contributed by atoms with Crippen LogP contribution in [-0.4, -0.2) is 9.13 Å². The molecular formula is C136H86N4O2. The van der Waals surface area contributed by atoms with E-state index in [4.69, 9.17) is 8.83 Å². The number of rotatable bonds is 17. The lowest BCUT2D eigenvalue weighted by Crippen LogP contribution is -2.10. The summed E-state index contributed by atoms with van der Waals surface area (Å²) < 4.78 is 18.8. The Morgan fingerprint density at radius 2 is 0.486 bits per heavy atom. The van der Waals surface area contributed by atoms with Crippen molar-refractivity contribution in [3.8, 4) is 112 Å². The van der Waals surface area contributed by atoms with Gasteiger partial charge in [0.25, 0.3) is 0 Å². The predicted molar refractivity (Wildman–Crippen MR) is 598 cm³/mol. The third kappa shape index (κ3) is 13.7. The number of nitrogens with zero attached hydrogens (tertiary/aromatic N) is 4. The lowest BCUT2D eigenvalue weighted by Gasteiger charge is -2.27. The molecule has 0 bridgehead atoms. The van der Waals surface area contributed by atoms with Crippen LogP contribution in [0.1, 0.15) is 0 Å². The maximum Gasteiger partial charge on any atom is 0.143 e. The van der Waals surface area contributed by atoms with Crippen molar-refractivity contribution in [1.82, 2.24) is 9.13 Å². The van der Waals surface area contributed by atoms with E-state index < -0.39 is 0 Å². The standard InChI is InChI=1S/C136H86N4O2/c1-3-25-87(26-4-1)96-62-76-111(130(85-96)139-126-43-17-11-35-117(126)118-36-12-18-44-127(118)139)91-53-67-103(68-54-91)137(102-65-51-89(52-66-102)95-61-75-110-100(81-95)50-49-90-29-7-9-33-108(90)110)104-71-59-94(60-72-104)115-80-79-113(134-123-40-16-22-48-133(123)142-136(115)134)101-64-78-116-109-34-10-8-30-99(109)83-124(125(116)84-101)98-31-23-32-107(82-98)138(106-73-57-93(58-74-106)114-41-24-42-122-121-39-15-21-47-132(121)141-135(114)122)105-69-55-92(56-70-105)112-77-63-97(88-27-5-2-6-28-88)86-131(112)140-128-45-19-13-37-119(128)120-38-14-20-46-129(120)140/h1-86H. The molecule has 6 nitrogen and oxygen atoms in total. The van der Waals surface area contributed by atoms with E-state index in [0.29, 0.717) is 0 Å². The molecule has 0 unspecified atom stereocenters. The van der Waals surface area contributed by atoms with Gasteiger partial charge in [-0.1, -0.05) is 376 Å². The molecule has 0 atom stereocenters. The first-order valence-electron chi connectivity index (χ1n) is 48.7. The van der Waals surface area contributed by atoms with Crippen molar-refractivity contribution in [2.75, 3.05) is 9.80 Å². The summed E-state index contributed by atoms with van der Waals surface area (Å²) in [7, 11) is 0. The van der Waals surface area contributed by atoms with Gasteiger partial charge >= 0.3 is 0 Å². The minimum Gasteiger partial charge on any atom is -0.455 e. The Kier molecular flexibility index (Phi) is 19.2. The molecule has 28 rings (SSSR count). The van der Waals surface area contributed by atoms with Gasteiger partial charge in [-0.3, -0.25) is 0 Å². The number of aromatic nitrogens is 2. The molecule has 0 fully saturated rings. The zero-order valence-electron chi connectivity index (χ0n) is 77.3. The van der Waals surface area contributed by atoms with Crippen molar-refractivity contribution < 1.29 is 8.83 Å². The monoisotopic (exact) mass is 1810 g/mol. The molecule has 0 saturated carbocycles. The second-order valence-electron chi connectivity index (χ2n) is 37.3. The van der Waals surface area contributed by atoms with Gasteiger partial charge < -0.3 is 27.8 Å². The molecule has 0 spiro atoms. The maximum atomic E-state index is 7.24. The largest absolute Gasteiger partial charge is 0.455 e. The molecule has 662 valence electrons. The number of hydrogen-bond acceptors (Lipinski definition) is 4. The number of hydrogen-bond donors (Lipinski definition) is 0. The smallest absolute Gasteiger partial charge is 0.143 e. The van der Waals surface area contributed by atoms with Crippen molar-refractivity contribution in [2.24, 2.45) is 0 Å². The first-order valence-corrected chi connectivity index (χ1v) is 48.7. The van der Waals surface area contributed by atoms with Crippen LogP contribution in [0, 0.1) is 0 Å². The van der Waals surface area contributed by atoms with E-state index in [9.17, 15) is 0 Å². The molecule has 0 aliphatic carbocycles. The predicted octanol–water partition coefficient (Wildman–Crippen LogP) is 38.2. The van der Waals surface area contributed by atoms with Crippen LogP contribution < -0.4 is 9.80 Å². The zero-order valence-corrected chi connectivity index (χ0v) is 77.3. The Morgan fingerprint density at radius 1 is 0.148 bits per heavy atom. The quantitative estimate of drug-likeness (QED) is 0.0852. The van der Waals surface area contributed by atoms with Gasteiger partial charge in [-0.05, 0) is 267 Å². The normalized spacial score (nSPS) is 11.8. The Bertz CT molecular complexity index is 9790. The van der Waals surface area contributed by atoms with Crippen LogP contribution in [0.4, 0.5) is 34.1 Å². The van der Waals surface area contributed by atoms with Crippen molar-refractivity contribution in [2.45, 2.75) is 0 Å². The van der Waals surface area contributed by atoms with Crippen molar-refractivity contribution in [3.05, 3.63) is 522 Å². The van der Waals surface area contributed by atoms with E-state index in [0.717, 1.165) is 206 Å². The third-order valence-corrected chi connectivity index (χ3v) is 29.3. The van der Waals surface area contributed by atoms with Crippen LogP contribution in [0.3, 0.4) is 0 Å². The molecule has 4 heterocycles. The minimum absolute atomic E-state index is 0.829. The number of fused-ring (bicyclic) bond motifs is 18. The van der Waals surface area contributed by atoms with Crippen LogP contribution in [0.15, 0.2) is 531 Å². The van der Waals surface area contributed by atoms with E-state index in [1.54, 1.807) is 0 Å². The highest BCUT2D eigenvalue weighted by Crippen LogP contribution is 2.51. The molecule has 0 amide bonds. The Hall–Kier alpha value is -18.9. The summed E-state index contributed by atoms with van der Waals surface area (Å²) in [5, 5.41) is 18.8. The SMILES string of the molecule is c1ccc(-c2ccc(-c3ccc(N(c4ccc(-c5ccc6c(ccc7ccccc76)c5)cc4)c4ccc(-c5ccc(-c6ccc7c(c6)c(-c6cccc(N(c8ccc(-c9ccc(-c%10ccccc%10)cc9-n9c%10ccccc%10c%10ccccc%109)cc8)c8ccc(-c9cccc%10c9oc9ccccc9%10)cc8)c6)cc6ccccc67)c6c5oc5ccccc56)cc4)cc3)c(-n3c4ccccc4c4ccccc43)c2)cc1. The molecule has 6 heteroatoms. The molecular weight excluding hydrogens is 1720 g/mol. The van der Waals surface area contributed by atoms with Crippen LogP contribution in [-0.2, 0) is 0 Å². The summed E-state index contributed by atoms with van der Waals surface area (Å²) >= 11 is 0. The van der Waals surface area contributed by atoms with Crippen LogP contribution >= 0.6 is 0 Å². The lowest BCUT2D eigenvalue weighted by atomic mass is 9.89. The number of anilines is 6. The zero-order chi connectivity index (χ0) is 93.4. The molecule has 0 saturated heterocycles. The summed E-state index contributed by atoms with van der Waals surface area (Å²) in [6.45, 7) is 0. The fraction of sp³-hybridized carbons (Fsp3) is 0. The molecule has 4 aromatic heterocycles. The van der Waals surface area contributed by atoms with Gasteiger partial charge in [-0.15, -0.1) is 0 Å². The molecule has 0 N–H and O–H groups in total. The van der Waals surface area contributed by atoms with E-state index >= 15 is 0 Å². The molecule has 142 heavy (non-hydrogen) atoms. The first kappa shape index (κ1) is 81.5. The van der Waals surface area contributed by atoms with Crippen molar-refractivity contribution in [1.29, 1.82) is 0 Å². The minimum atomic E-state index is 0.829. The summed E-state index contributed by atoms with van der Waals surface area (Å²) in [6.07, 6.45) is 0. The average molecular weight is 1810 g/mol. The molecule has 24 aromatic carbocycles. The lowest BCUT2D eigenvalue weighted by molar-refractivity contribution is 0.669. The van der Waals surface area contributed by atoms with Crippen LogP contribution in [0.25, 0.3) is 242 Å². The van der Waals surface area contributed by atoms with E-state index in [1.807, 2.05) is 6.07 Å². The highest BCUT2D eigenvalue weighted by molar-refractivity contribution is 6.21. The van der Waals surface area contributed by atoms with Crippen LogP contribution in [0.5, 0.6) is 0 Å². The van der Waals surface area contributed by atoms with Gasteiger partial charge in [0.1, 0.15) is 22.3 Å². The number of benzene rings is 24. The Morgan fingerprint density at radius 3 is 1.04 bits per heavy atom. The highest BCUT2D eigenvalue weighted by Gasteiger charge is 2.27. The van der Waals surface area contributed by atoms with Gasteiger partial charge in [-0.2, -0.15) is 0 Å². The second-order valence-corrected chi connectivity index (χ2v) is 37.3. The Balaban J connectivity index is 0.554. The molecule has 0 aliphatic rings. The third-order valence-electron chi connectivity index (χ3n) is 29.3. The summed E-state index contributed by atoms with van der Waals surface area (Å²) in [5.41, 5.74) is 36.4. The number of furan rings is 2. The fourth-order valence-electron chi connectivity index (χ4n) is 22.5. The highest BCUT2D eigenvalue weighted by atomic mass is 16.3. The molecule has 0 radical (unpaired) electrons. The van der Waals surface area contributed by atoms with Gasteiger partial charge in [0.15, 0.2) is 0 Å². The summed E-state index contributed by atoms with van der Waals surface area (Å²) in [6, 6.07) is 191.